The standard InChI is InChI=1S/C16H24N2O2S/c1-12-9-16(6-3-14(12)10-17-15-4-5-15)18-7-8-21(19,20)11-13(18)2/h3,6,9,13,15,17H,4-5,7-8,10-11H2,1-2H3. The van der Waals surface area contributed by atoms with Gasteiger partial charge in [0.15, 0.2) is 9.84 Å². The van der Waals surface area contributed by atoms with Crippen LogP contribution in [0.15, 0.2) is 18.2 Å². The van der Waals surface area contributed by atoms with E-state index in [9.17, 15) is 8.42 Å². The molecule has 0 aromatic heterocycles. The molecule has 1 aromatic rings. The number of aryl methyl sites for hydroxylation is 1. The summed E-state index contributed by atoms with van der Waals surface area (Å²) >= 11 is 0. The van der Waals surface area contributed by atoms with Crippen LogP contribution in [0.2, 0.25) is 0 Å². The van der Waals surface area contributed by atoms with Crippen molar-refractivity contribution in [2.45, 2.75) is 45.3 Å². The molecule has 1 unspecified atom stereocenters. The fourth-order valence-electron chi connectivity index (χ4n) is 2.98. The third kappa shape index (κ3) is 3.58. The lowest BCUT2D eigenvalue weighted by molar-refractivity contribution is 0.568. The molecule has 0 amide bonds. The van der Waals surface area contributed by atoms with E-state index in [1.807, 2.05) is 6.92 Å². The van der Waals surface area contributed by atoms with Crippen molar-refractivity contribution in [3.63, 3.8) is 0 Å². The molecule has 1 aliphatic heterocycles. The summed E-state index contributed by atoms with van der Waals surface area (Å²) in [4.78, 5) is 2.21. The molecule has 0 radical (unpaired) electrons. The lowest BCUT2D eigenvalue weighted by Crippen LogP contribution is -2.47. The van der Waals surface area contributed by atoms with Crippen molar-refractivity contribution < 1.29 is 8.42 Å². The molecular formula is C16H24N2O2S. The van der Waals surface area contributed by atoms with Gasteiger partial charge in [-0.15, -0.1) is 0 Å². The Bertz CT molecular complexity index is 623. The zero-order valence-corrected chi connectivity index (χ0v) is 13.6. The summed E-state index contributed by atoms with van der Waals surface area (Å²) in [6, 6.07) is 7.27. The molecule has 1 aliphatic carbocycles. The maximum atomic E-state index is 11.7. The molecule has 1 N–H and O–H groups in total. The summed E-state index contributed by atoms with van der Waals surface area (Å²) in [6.07, 6.45) is 2.60. The van der Waals surface area contributed by atoms with Gasteiger partial charge in [-0.2, -0.15) is 0 Å². The largest absolute Gasteiger partial charge is 0.367 e. The SMILES string of the molecule is Cc1cc(N2CCS(=O)(=O)CC2C)ccc1CNC1CC1. The molecular weight excluding hydrogens is 284 g/mol. The van der Waals surface area contributed by atoms with Crippen LogP contribution in [0, 0.1) is 6.92 Å². The van der Waals surface area contributed by atoms with Crippen LogP contribution < -0.4 is 10.2 Å². The molecule has 4 nitrogen and oxygen atoms in total. The van der Waals surface area contributed by atoms with Gasteiger partial charge in [-0.1, -0.05) is 6.07 Å². The maximum Gasteiger partial charge on any atom is 0.154 e. The van der Waals surface area contributed by atoms with Gasteiger partial charge in [-0.3, -0.25) is 0 Å². The molecule has 1 saturated heterocycles. The van der Waals surface area contributed by atoms with E-state index in [0.29, 0.717) is 6.54 Å². The van der Waals surface area contributed by atoms with Gasteiger partial charge in [0.25, 0.3) is 0 Å². The molecule has 1 aromatic carbocycles. The number of rotatable bonds is 4. The number of nitrogens with one attached hydrogen (secondary N) is 1. The highest BCUT2D eigenvalue weighted by Gasteiger charge is 2.28. The summed E-state index contributed by atoms with van der Waals surface area (Å²) in [5, 5.41) is 3.54. The summed E-state index contributed by atoms with van der Waals surface area (Å²) in [5.74, 6) is 0.526. The highest BCUT2D eigenvalue weighted by molar-refractivity contribution is 7.91. The van der Waals surface area contributed by atoms with E-state index in [2.05, 4.69) is 35.3 Å². The van der Waals surface area contributed by atoms with Gasteiger partial charge < -0.3 is 10.2 Å². The van der Waals surface area contributed by atoms with Crippen LogP contribution >= 0.6 is 0 Å². The van der Waals surface area contributed by atoms with Gasteiger partial charge in [0.1, 0.15) is 0 Å². The first-order valence-corrected chi connectivity index (χ1v) is 9.57. The smallest absolute Gasteiger partial charge is 0.154 e. The molecule has 0 bridgehead atoms. The number of hydrogen-bond donors (Lipinski definition) is 1. The van der Waals surface area contributed by atoms with Gasteiger partial charge in [0.05, 0.1) is 11.5 Å². The van der Waals surface area contributed by atoms with Crippen molar-refractivity contribution >= 4 is 15.5 Å². The summed E-state index contributed by atoms with van der Waals surface area (Å²) in [5.41, 5.74) is 3.76. The van der Waals surface area contributed by atoms with E-state index in [1.54, 1.807) is 0 Å². The third-order valence-corrected chi connectivity index (χ3v) is 6.28. The van der Waals surface area contributed by atoms with Gasteiger partial charge in [0, 0.05) is 30.9 Å². The van der Waals surface area contributed by atoms with Crippen LogP contribution in [0.4, 0.5) is 5.69 Å². The van der Waals surface area contributed by atoms with Gasteiger partial charge in [-0.25, -0.2) is 8.42 Å². The van der Waals surface area contributed by atoms with Crippen molar-refractivity contribution in [2.24, 2.45) is 0 Å². The number of sulfone groups is 1. The van der Waals surface area contributed by atoms with Crippen molar-refractivity contribution in [2.75, 3.05) is 23.0 Å². The molecule has 2 aliphatic rings. The van der Waals surface area contributed by atoms with Crippen LogP contribution in [0.25, 0.3) is 0 Å². The van der Waals surface area contributed by atoms with Crippen molar-refractivity contribution in [1.29, 1.82) is 0 Å². The number of anilines is 1. The second kappa shape index (κ2) is 5.61. The normalized spacial score (nSPS) is 25.0. The number of nitrogens with zero attached hydrogens (tertiary/aromatic N) is 1. The maximum absolute atomic E-state index is 11.7. The van der Waals surface area contributed by atoms with Crippen molar-refractivity contribution in [3.05, 3.63) is 29.3 Å². The lowest BCUT2D eigenvalue weighted by Gasteiger charge is -2.35. The summed E-state index contributed by atoms with van der Waals surface area (Å²) < 4.78 is 23.4. The van der Waals surface area contributed by atoms with Crippen molar-refractivity contribution in [3.8, 4) is 0 Å². The van der Waals surface area contributed by atoms with Gasteiger partial charge in [0.2, 0.25) is 0 Å². The number of benzene rings is 1. The minimum atomic E-state index is -2.85. The Balaban J connectivity index is 1.72. The average molecular weight is 308 g/mol. The van der Waals surface area contributed by atoms with E-state index < -0.39 is 9.84 Å². The number of hydrogen-bond acceptors (Lipinski definition) is 4. The second-order valence-corrected chi connectivity index (χ2v) is 8.65. The van der Waals surface area contributed by atoms with E-state index in [-0.39, 0.29) is 17.5 Å². The minimum Gasteiger partial charge on any atom is -0.367 e. The third-order valence-electron chi connectivity index (χ3n) is 4.49. The molecule has 1 saturated carbocycles. The topological polar surface area (TPSA) is 49.4 Å². The Morgan fingerprint density at radius 1 is 1.33 bits per heavy atom. The molecule has 1 heterocycles. The van der Waals surface area contributed by atoms with E-state index >= 15 is 0 Å². The highest BCUT2D eigenvalue weighted by Crippen LogP contribution is 2.25. The Morgan fingerprint density at radius 2 is 2.10 bits per heavy atom. The van der Waals surface area contributed by atoms with Crippen LogP contribution in [0.5, 0.6) is 0 Å². The molecule has 21 heavy (non-hydrogen) atoms. The molecule has 1 atom stereocenters. The molecule has 0 spiro atoms. The van der Waals surface area contributed by atoms with E-state index in [0.717, 1.165) is 18.3 Å². The first-order valence-electron chi connectivity index (χ1n) is 7.74. The Kier molecular flexibility index (Phi) is 3.97. The zero-order chi connectivity index (χ0) is 15.0. The Morgan fingerprint density at radius 3 is 2.71 bits per heavy atom. The predicted octanol–water partition coefficient (Wildman–Crippen LogP) is 1.87. The molecule has 116 valence electrons. The first kappa shape index (κ1) is 14.9. The van der Waals surface area contributed by atoms with Crippen LogP contribution in [0.3, 0.4) is 0 Å². The summed E-state index contributed by atoms with van der Waals surface area (Å²) in [6.45, 7) is 5.66. The van der Waals surface area contributed by atoms with Crippen LogP contribution in [0.1, 0.15) is 30.9 Å². The summed E-state index contributed by atoms with van der Waals surface area (Å²) in [7, 11) is -2.85. The lowest BCUT2D eigenvalue weighted by atomic mass is 10.1. The fraction of sp³-hybridized carbons (Fsp3) is 0.625. The Labute approximate surface area is 127 Å². The monoisotopic (exact) mass is 308 g/mol. The zero-order valence-electron chi connectivity index (χ0n) is 12.8. The molecule has 2 fully saturated rings. The van der Waals surface area contributed by atoms with Crippen LogP contribution in [-0.4, -0.2) is 38.6 Å². The van der Waals surface area contributed by atoms with E-state index in [1.165, 1.54) is 24.0 Å². The average Bonchev–Trinajstić information content (AvgIpc) is 3.20. The highest BCUT2D eigenvalue weighted by atomic mass is 32.2. The predicted molar refractivity (Wildman–Crippen MR) is 86.5 cm³/mol. The van der Waals surface area contributed by atoms with Crippen molar-refractivity contribution in [1.82, 2.24) is 5.32 Å². The molecule has 3 rings (SSSR count). The minimum absolute atomic E-state index is 0.0542. The second-order valence-electron chi connectivity index (χ2n) is 6.42. The first-order chi connectivity index (χ1) is 9.94. The van der Waals surface area contributed by atoms with Gasteiger partial charge >= 0.3 is 0 Å². The van der Waals surface area contributed by atoms with E-state index in [4.69, 9.17) is 0 Å². The fourth-order valence-corrected chi connectivity index (χ4v) is 4.54. The molecule has 5 heteroatoms. The quantitative estimate of drug-likeness (QED) is 0.922. The van der Waals surface area contributed by atoms with Crippen LogP contribution in [-0.2, 0) is 16.4 Å². The van der Waals surface area contributed by atoms with Gasteiger partial charge in [-0.05, 0) is 49.9 Å². The Hall–Kier alpha value is -1.07.